The van der Waals surface area contributed by atoms with E-state index >= 15 is 0 Å². The highest BCUT2D eigenvalue weighted by Crippen LogP contribution is 2.35. The SMILES string of the molecule is CCCCOCCOc1ccc(-c2ccc3c(c2)C=C(C(=O)Nc2ccc([S@](=O)Cc4nnc(C)n4CCC)cc2)CCCN3CC(C)(C)C(=O)O)cc1. The second kappa shape index (κ2) is 19.0. The highest BCUT2D eigenvalue weighted by Gasteiger charge is 2.31. The van der Waals surface area contributed by atoms with Gasteiger partial charge in [0.1, 0.15) is 24.0 Å². The second-order valence-electron chi connectivity index (χ2n) is 14.3. The molecule has 0 bridgehead atoms. The average molecular weight is 756 g/mol. The molecule has 0 fully saturated rings. The van der Waals surface area contributed by atoms with Crippen LogP contribution in [0.2, 0.25) is 0 Å². The Bertz CT molecular complexity index is 1940. The first kappa shape index (κ1) is 40.4. The van der Waals surface area contributed by atoms with Crippen LogP contribution in [0.15, 0.2) is 77.2 Å². The van der Waals surface area contributed by atoms with Crippen molar-refractivity contribution in [3.63, 3.8) is 0 Å². The summed E-state index contributed by atoms with van der Waals surface area (Å²) in [5.41, 5.74) is 3.90. The number of aryl methyl sites for hydroxylation is 1. The van der Waals surface area contributed by atoms with E-state index in [1.807, 2.05) is 54.0 Å². The Labute approximate surface area is 321 Å². The topological polar surface area (TPSA) is 136 Å². The van der Waals surface area contributed by atoms with Crippen molar-refractivity contribution in [2.75, 3.05) is 43.1 Å². The van der Waals surface area contributed by atoms with Gasteiger partial charge in [0.05, 0.1) is 28.6 Å². The lowest BCUT2D eigenvalue weighted by Gasteiger charge is -2.34. The number of fused-ring (bicyclic) bond motifs is 1. The molecular weight excluding hydrogens is 703 g/mol. The van der Waals surface area contributed by atoms with Gasteiger partial charge >= 0.3 is 5.97 Å². The van der Waals surface area contributed by atoms with Crippen LogP contribution in [0.4, 0.5) is 11.4 Å². The molecule has 2 heterocycles. The Morgan fingerprint density at radius 1 is 0.944 bits per heavy atom. The fraction of sp³-hybridized carbons (Fsp3) is 0.429. The normalized spacial score (nSPS) is 13.7. The van der Waals surface area contributed by atoms with E-state index in [2.05, 4.69) is 40.3 Å². The van der Waals surface area contributed by atoms with Gasteiger partial charge in [-0.1, -0.05) is 38.5 Å². The van der Waals surface area contributed by atoms with Crippen molar-refractivity contribution in [2.24, 2.45) is 5.41 Å². The number of benzene rings is 3. The fourth-order valence-electron chi connectivity index (χ4n) is 6.33. The minimum Gasteiger partial charge on any atom is -0.491 e. The number of carbonyl (C=O) groups is 2. The summed E-state index contributed by atoms with van der Waals surface area (Å²) in [4.78, 5) is 28.7. The predicted molar refractivity (Wildman–Crippen MR) is 214 cm³/mol. The summed E-state index contributed by atoms with van der Waals surface area (Å²) < 4.78 is 26.7. The number of unbranched alkanes of at least 4 members (excludes halogenated alkanes) is 1. The summed E-state index contributed by atoms with van der Waals surface area (Å²) in [7, 11) is -1.33. The Morgan fingerprint density at radius 2 is 1.69 bits per heavy atom. The van der Waals surface area contributed by atoms with E-state index in [0.717, 1.165) is 66.4 Å². The minimum atomic E-state index is -1.33. The van der Waals surface area contributed by atoms with Gasteiger partial charge in [-0.05, 0) is 118 Å². The van der Waals surface area contributed by atoms with Crippen molar-refractivity contribution in [1.29, 1.82) is 0 Å². The summed E-state index contributed by atoms with van der Waals surface area (Å²) >= 11 is 0. The molecule has 54 heavy (non-hydrogen) atoms. The fourth-order valence-corrected chi connectivity index (χ4v) is 7.38. The standard InChI is InChI=1S/C42H53N5O6S/c1-6-8-23-52-24-25-53-36-16-11-31(12-17-36)32-13-20-38-34(26-32)27-33(10-9-22-46(38)29-42(4,5)41(49)50)40(48)43-35-14-18-37(19-15-35)54(51)28-39-45-44-30(3)47(39)21-7-2/h11-20,26-27H,6-10,21-25,28-29H2,1-5H3,(H,43,48)(H,49,50)/t54-/m1/s1. The lowest BCUT2D eigenvalue weighted by molar-refractivity contribution is -0.146. The van der Waals surface area contributed by atoms with E-state index in [1.54, 1.807) is 38.1 Å². The Balaban J connectivity index is 1.34. The van der Waals surface area contributed by atoms with Gasteiger partial charge in [0.15, 0.2) is 0 Å². The van der Waals surface area contributed by atoms with Crippen molar-refractivity contribution in [3.8, 4) is 16.9 Å². The van der Waals surface area contributed by atoms with E-state index in [9.17, 15) is 18.9 Å². The highest BCUT2D eigenvalue weighted by molar-refractivity contribution is 7.84. The molecule has 0 radical (unpaired) electrons. The summed E-state index contributed by atoms with van der Waals surface area (Å²) in [6, 6.07) is 21.1. The second-order valence-corrected chi connectivity index (χ2v) is 15.7. The van der Waals surface area contributed by atoms with E-state index in [0.29, 0.717) is 61.1 Å². The number of nitrogens with zero attached hydrogens (tertiary/aromatic N) is 4. The van der Waals surface area contributed by atoms with Crippen molar-refractivity contribution in [2.45, 2.75) is 83.9 Å². The molecule has 3 aromatic carbocycles. The summed E-state index contributed by atoms with van der Waals surface area (Å²) in [6.45, 7) is 13.0. The number of nitrogens with one attached hydrogen (secondary N) is 1. The number of carboxylic acid groups (broad SMARTS) is 1. The Hall–Kier alpha value is -4.81. The summed E-state index contributed by atoms with van der Waals surface area (Å²) in [5, 5.41) is 21.4. The first-order chi connectivity index (χ1) is 26.0. The molecule has 1 amide bonds. The van der Waals surface area contributed by atoms with Gasteiger partial charge in [-0.15, -0.1) is 10.2 Å². The first-order valence-electron chi connectivity index (χ1n) is 18.8. The minimum absolute atomic E-state index is 0.220. The van der Waals surface area contributed by atoms with Gasteiger partial charge in [0.2, 0.25) is 0 Å². The smallest absolute Gasteiger partial charge is 0.310 e. The number of hydrogen-bond acceptors (Lipinski definition) is 8. The van der Waals surface area contributed by atoms with Gasteiger partial charge in [-0.2, -0.15) is 0 Å². The molecule has 4 aromatic rings. The van der Waals surface area contributed by atoms with Crippen LogP contribution in [0.5, 0.6) is 5.75 Å². The molecule has 1 aliphatic heterocycles. The van der Waals surface area contributed by atoms with E-state index in [-0.39, 0.29) is 11.7 Å². The molecule has 0 saturated heterocycles. The molecule has 2 N–H and O–H groups in total. The number of anilines is 2. The number of ether oxygens (including phenoxy) is 2. The van der Waals surface area contributed by atoms with Crippen LogP contribution in [0.1, 0.15) is 77.0 Å². The predicted octanol–water partition coefficient (Wildman–Crippen LogP) is 7.90. The first-order valence-corrected chi connectivity index (χ1v) is 20.1. The Kier molecular flexibility index (Phi) is 14.2. The molecule has 0 saturated carbocycles. The van der Waals surface area contributed by atoms with Gasteiger partial charge < -0.3 is 29.4 Å². The quantitative estimate of drug-likeness (QED) is 0.0972. The number of hydrogen-bond donors (Lipinski definition) is 2. The zero-order valence-electron chi connectivity index (χ0n) is 32.1. The third kappa shape index (κ3) is 10.7. The molecule has 11 nitrogen and oxygen atoms in total. The maximum absolute atomic E-state index is 13.8. The van der Waals surface area contributed by atoms with Gasteiger partial charge in [0.25, 0.3) is 5.91 Å². The monoisotopic (exact) mass is 755 g/mol. The molecule has 288 valence electrons. The molecule has 0 unspecified atom stereocenters. The number of rotatable bonds is 18. The number of amides is 1. The average Bonchev–Trinajstić information content (AvgIpc) is 3.49. The maximum atomic E-state index is 13.8. The van der Waals surface area contributed by atoms with E-state index in [1.165, 1.54) is 0 Å². The summed E-state index contributed by atoms with van der Waals surface area (Å²) in [5.74, 6) is 1.44. The number of aliphatic carboxylic acids is 1. The molecule has 5 rings (SSSR count). The molecular formula is C42H53N5O6S. The number of aromatic nitrogens is 3. The zero-order valence-corrected chi connectivity index (χ0v) is 32.9. The maximum Gasteiger partial charge on any atom is 0.310 e. The van der Waals surface area contributed by atoms with Crippen LogP contribution in [0.3, 0.4) is 0 Å². The molecule has 12 heteroatoms. The lowest BCUT2D eigenvalue weighted by Crippen LogP contribution is -2.40. The van der Waals surface area contributed by atoms with Crippen LogP contribution in [-0.2, 0) is 37.4 Å². The molecule has 1 atom stereocenters. The van der Waals surface area contributed by atoms with E-state index < -0.39 is 22.2 Å². The molecule has 1 aliphatic rings. The number of carboxylic acids is 1. The molecule has 1 aromatic heterocycles. The molecule has 0 aliphatic carbocycles. The van der Waals surface area contributed by atoms with Gasteiger partial charge in [0, 0.05) is 48.1 Å². The van der Waals surface area contributed by atoms with Crippen molar-refractivity contribution in [1.82, 2.24) is 14.8 Å². The zero-order chi connectivity index (χ0) is 38.7. The van der Waals surface area contributed by atoms with Crippen LogP contribution < -0.4 is 15.0 Å². The number of carbonyl (C=O) groups excluding carboxylic acids is 1. The lowest BCUT2D eigenvalue weighted by atomic mass is 9.91. The van der Waals surface area contributed by atoms with Crippen molar-refractivity contribution >= 4 is 40.1 Å². The Morgan fingerprint density at radius 3 is 2.39 bits per heavy atom. The largest absolute Gasteiger partial charge is 0.491 e. The third-order valence-electron chi connectivity index (χ3n) is 9.45. The van der Waals surface area contributed by atoms with Crippen LogP contribution in [-0.4, -0.2) is 68.9 Å². The van der Waals surface area contributed by atoms with Crippen molar-refractivity contribution < 1.29 is 28.4 Å². The summed E-state index contributed by atoms with van der Waals surface area (Å²) in [6.07, 6.45) is 6.16. The van der Waals surface area contributed by atoms with Gasteiger partial charge in [-0.25, -0.2) is 0 Å². The van der Waals surface area contributed by atoms with Crippen molar-refractivity contribution in [3.05, 3.63) is 89.5 Å². The van der Waals surface area contributed by atoms with Crippen LogP contribution in [0, 0.1) is 12.3 Å². The van der Waals surface area contributed by atoms with Gasteiger partial charge in [-0.3, -0.25) is 13.8 Å². The van der Waals surface area contributed by atoms with Crippen LogP contribution >= 0.6 is 0 Å². The molecule has 0 spiro atoms. The van der Waals surface area contributed by atoms with E-state index in [4.69, 9.17) is 9.47 Å². The third-order valence-corrected chi connectivity index (χ3v) is 10.8. The van der Waals surface area contributed by atoms with Crippen LogP contribution in [0.25, 0.3) is 17.2 Å². The highest BCUT2D eigenvalue weighted by atomic mass is 32.2.